The number of ether oxygens (including phenoxy) is 1. The largest absolute Gasteiger partial charge is 0.460 e. The van der Waals surface area contributed by atoms with Gasteiger partial charge in [0.15, 0.2) is 0 Å². The van der Waals surface area contributed by atoms with Crippen LogP contribution in [0.1, 0.15) is 53.9 Å². The van der Waals surface area contributed by atoms with Crippen LogP contribution in [0.5, 0.6) is 0 Å². The molecule has 1 atom stereocenters. The minimum Gasteiger partial charge on any atom is -0.460 e. The molecule has 0 aromatic heterocycles. The van der Waals surface area contributed by atoms with Crippen LogP contribution in [0.4, 0.5) is 0 Å². The number of nitrogens with two attached hydrogens (primary N) is 1. The Labute approximate surface area is 128 Å². The van der Waals surface area contributed by atoms with Crippen molar-refractivity contribution in [2.45, 2.75) is 65.5 Å². The van der Waals surface area contributed by atoms with Crippen molar-refractivity contribution in [2.24, 2.45) is 17.6 Å². The molecule has 1 aliphatic rings. The Bertz CT molecular complexity index is 366. The van der Waals surface area contributed by atoms with Gasteiger partial charge in [-0.3, -0.25) is 9.59 Å². The number of carbonyl (C=O) groups is 2. The predicted molar refractivity (Wildman–Crippen MR) is 82.6 cm³/mol. The number of piperidine rings is 1. The Morgan fingerprint density at radius 3 is 2.19 bits per heavy atom. The molecule has 0 radical (unpaired) electrons. The van der Waals surface area contributed by atoms with Gasteiger partial charge in [-0.05, 0) is 46.0 Å². The van der Waals surface area contributed by atoms with E-state index in [4.69, 9.17) is 10.5 Å². The van der Waals surface area contributed by atoms with E-state index < -0.39 is 11.6 Å². The summed E-state index contributed by atoms with van der Waals surface area (Å²) in [6.45, 7) is 10.9. The van der Waals surface area contributed by atoms with Crippen molar-refractivity contribution < 1.29 is 14.3 Å². The van der Waals surface area contributed by atoms with Crippen molar-refractivity contribution in [1.29, 1.82) is 0 Å². The van der Waals surface area contributed by atoms with Crippen LogP contribution in [-0.4, -0.2) is 41.5 Å². The summed E-state index contributed by atoms with van der Waals surface area (Å²) in [5.41, 5.74) is 5.49. The lowest BCUT2D eigenvalue weighted by Gasteiger charge is -2.34. The van der Waals surface area contributed by atoms with Gasteiger partial charge in [0.1, 0.15) is 5.60 Å². The van der Waals surface area contributed by atoms with Crippen molar-refractivity contribution in [3.8, 4) is 0 Å². The molecule has 21 heavy (non-hydrogen) atoms. The highest BCUT2D eigenvalue weighted by molar-refractivity contribution is 5.82. The molecular formula is C16H30N2O3. The third kappa shape index (κ3) is 6.04. The summed E-state index contributed by atoms with van der Waals surface area (Å²) in [5, 5.41) is 0. The van der Waals surface area contributed by atoms with Crippen LogP contribution >= 0.6 is 0 Å². The van der Waals surface area contributed by atoms with Crippen LogP contribution in [0.3, 0.4) is 0 Å². The van der Waals surface area contributed by atoms with E-state index in [0.29, 0.717) is 38.3 Å². The molecule has 0 saturated carbocycles. The van der Waals surface area contributed by atoms with E-state index >= 15 is 0 Å². The Hall–Kier alpha value is -1.10. The van der Waals surface area contributed by atoms with Gasteiger partial charge in [0.2, 0.25) is 5.91 Å². The maximum Gasteiger partial charge on any atom is 0.309 e. The maximum absolute atomic E-state index is 12.2. The zero-order valence-corrected chi connectivity index (χ0v) is 14.0. The number of hydrogen-bond acceptors (Lipinski definition) is 4. The van der Waals surface area contributed by atoms with E-state index in [0.717, 1.165) is 0 Å². The molecule has 0 aromatic rings. The van der Waals surface area contributed by atoms with Crippen molar-refractivity contribution in [2.75, 3.05) is 13.1 Å². The molecule has 0 spiro atoms. The fourth-order valence-electron chi connectivity index (χ4n) is 2.56. The number of hydrogen-bond donors (Lipinski definition) is 1. The topological polar surface area (TPSA) is 72.6 Å². The second kappa shape index (κ2) is 7.25. The molecule has 0 bridgehead atoms. The summed E-state index contributed by atoms with van der Waals surface area (Å²) in [6.07, 6.45) is 2.02. The highest BCUT2D eigenvalue weighted by Gasteiger charge is 2.32. The first-order valence-corrected chi connectivity index (χ1v) is 7.87. The molecule has 1 rings (SSSR count). The Morgan fingerprint density at radius 2 is 1.76 bits per heavy atom. The number of amides is 1. The van der Waals surface area contributed by atoms with Crippen molar-refractivity contribution in [3.05, 3.63) is 0 Å². The van der Waals surface area contributed by atoms with Gasteiger partial charge in [-0.2, -0.15) is 0 Å². The van der Waals surface area contributed by atoms with Gasteiger partial charge in [-0.15, -0.1) is 0 Å². The second-order valence-corrected chi connectivity index (χ2v) is 7.37. The number of nitrogens with zero attached hydrogens (tertiary/aromatic N) is 1. The summed E-state index contributed by atoms with van der Waals surface area (Å²) < 4.78 is 5.41. The number of carbonyl (C=O) groups excluding carboxylic acids is 2. The average Bonchev–Trinajstić information content (AvgIpc) is 2.35. The maximum atomic E-state index is 12.2. The zero-order chi connectivity index (χ0) is 16.2. The molecule has 0 unspecified atom stereocenters. The highest BCUT2D eigenvalue weighted by Crippen LogP contribution is 2.22. The summed E-state index contributed by atoms with van der Waals surface area (Å²) in [7, 11) is 0. The molecule has 5 nitrogen and oxygen atoms in total. The molecule has 5 heteroatoms. The summed E-state index contributed by atoms with van der Waals surface area (Å²) in [6, 6.07) is -0.428. The fraction of sp³-hybridized carbons (Fsp3) is 0.875. The van der Waals surface area contributed by atoms with E-state index in [1.165, 1.54) is 0 Å². The SMILES string of the molecule is CC(C)C[C@H](N)C(=O)N1CCC(C(=O)OC(C)(C)C)CC1. The van der Waals surface area contributed by atoms with Crippen LogP contribution < -0.4 is 5.73 Å². The molecule has 0 aromatic carbocycles. The first kappa shape index (κ1) is 18.0. The van der Waals surface area contributed by atoms with Crippen LogP contribution in [0.15, 0.2) is 0 Å². The monoisotopic (exact) mass is 298 g/mol. The van der Waals surface area contributed by atoms with Gasteiger partial charge >= 0.3 is 5.97 Å². The van der Waals surface area contributed by atoms with Crippen LogP contribution in [0, 0.1) is 11.8 Å². The normalized spacial score (nSPS) is 18.7. The van der Waals surface area contributed by atoms with Gasteiger partial charge in [-0.1, -0.05) is 13.8 Å². The summed E-state index contributed by atoms with van der Waals surface area (Å²) in [5.74, 6) is 0.158. The lowest BCUT2D eigenvalue weighted by molar-refractivity contribution is -0.162. The van der Waals surface area contributed by atoms with Crippen LogP contribution in [0.2, 0.25) is 0 Å². The number of esters is 1. The number of likely N-dealkylation sites (tertiary alicyclic amines) is 1. The standard InChI is InChI=1S/C16H30N2O3/c1-11(2)10-13(17)14(19)18-8-6-12(7-9-18)15(20)21-16(3,4)5/h11-13H,6-10,17H2,1-5H3/t13-/m0/s1. The molecule has 2 N–H and O–H groups in total. The van der Waals surface area contributed by atoms with Gasteiger partial charge in [0, 0.05) is 13.1 Å². The molecule has 1 heterocycles. The molecular weight excluding hydrogens is 268 g/mol. The molecule has 1 saturated heterocycles. The van der Waals surface area contributed by atoms with Gasteiger partial charge in [0.05, 0.1) is 12.0 Å². The van der Waals surface area contributed by atoms with Crippen LogP contribution in [0.25, 0.3) is 0 Å². The first-order valence-electron chi connectivity index (χ1n) is 7.87. The Balaban J connectivity index is 2.45. The predicted octanol–water partition coefficient (Wildman–Crippen LogP) is 1.94. The zero-order valence-electron chi connectivity index (χ0n) is 14.0. The number of rotatable bonds is 4. The van der Waals surface area contributed by atoms with Crippen molar-refractivity contribution >= 4 is 11.9 Å². The van der Waals surface area contributed by atoms with Crippen LogP contribution in [-0.2, 0) is 14.3 Å². The average molecular weight is 298 g/mol. The van der Waals surface area contributed by atoms with E-state index in [1.807, 2.05) is 20.8 Å². The van der Waals surface area contributed by atoms with Gasteiger partial charge < -0.3 is 15.4 Å². The third-order valence-corrected chi connectivity index (χ3v) is 3.59. The third-order valence-electron chi connectivity index (χ3n) is 3.59. The Kier molecular flexibility index (Phi) is 6.20. The fourth-order valence-corrected chi connectivity index (χ4v) is 2.56. The lowest BCUT2D eigenvalue weighted by Crippen LogP contribution is -2.48. The van der Waals surface area contributed by atoms with Gasteiger partial charge in [0.25, 0.3) is 0 Å². The lowest BCUT2D eigenvalue weighted by atomic mass is 9.95. The quantitative estimate of drug-likeness (QED) is 0.805. The second-order valence-electron chi connectivity index (χ2n) is 7.37. The van der Waals surface area contributed by atoms with Crippen molar-refractivity contribution in [1.82, 2.24) is 4.90 Å². The molecule has 0 aliphatic carbocycles. The highest BCUT2D eigenvalue weighted by atomic mass is 16.6. The smallest absolute Gasteiger partial charge is 0.309 e. The minimum atomic E-state index is -0.455. The Morgan fingerprint density at radius 1 is 1.24 bits per heavy atom. The van der Waals surface area contributed by atoms with E-state index in [2.05, 4.69) is 13.8 Å². The molecule has 1 aliphatic heterocycles. The first-order chi connectivity index (χ1) is 9.60. The summed E-state index contributed by atoms with van der Waals surface area (Å²) in [4.78, 5) is 26.0. The van der Waals surface area contributed by atoms with E-state index in [-0.39, 0.29) is 17.8 Å². The van der Waals surface area contributed by atoms with E-state index in [9.17, 15) is 9.59 Å². The molecule has 1 amide bonds. The summed E-state index contributed by atoms with van der Waals surface area (Å²) >= 11 is 0. The molecule has 122 valence electrons. The van der Waals surface area contributed by atoms with Gasteiger partial charge in [-0.25, -0.2) is 0 Å². The minimum absolute atomic E-state index is 0.00587. The molecule has 1 fully saturated rings. The van der Waals surface area contributed by atoms with E-state index in [1.54, 1.807) is 4.90 Å². The van der Waals surface area contributed by atoms with Crippen molar-refractivity contribution in [3.63, 3.8) is 0 Å².